The zero-order chi connectivity index (χ0) is 32.1. The highest BCUT2D eigenvalue weighted by Gasteiger charge is 2.30. The van der Waals surface area contributed by atoms with E-state index >= 15 is 4.57 Å². The van der Waals surface area contributed by atoms with Gasteiger partial charge in [-0.3, -0.25) is 0 Å². The molecule has 0 heterocycles. The van der Waals surface area contributed by atoms with Crippen LogP contribution in [-0.2, 0) is 4.57 Å². The van der Waals surface area contributed by atoms with Gasteiger partial charge >= 0.3 is 0 Å². The van der Waals surface area contributed by atoms with E-state index in [1.807, 2.05) is 60.7 Å². The van der Waals surface area contributed by atoms with Crippen molar-refractivity contribution in [1.29, 1.82) is 0 Å². The zero-order valence-electron chi connectivity index (χ0n) is 26.3. The first-order valence-electron chi connectivity index (χ1n) is 16.4. The van der Waals surface area contributed by atoms with E-state index < -0.39 is 7.14 Å². The smallest absolute Gasteiger partial charge is 0.171 e. The normalized spacial score (nSPS) is 11.8. The van der Waals surface area contributed by atoms with Crippen molar-refractivity contribution in [2.24, 2.45) is 0 Å². The van der Waals surface area contributed by atoms with Crippen LogP contribution in [0.5, 0.6) is 0 Å². The first-order chi connectivity index (χ1) is 23.7. The van der Waals surface area contributed by atoms with E-state index in [9.17, 15) is 0 Å². The Bertz CT molecular complexity index is 2620. The second-order valence-corrected chi connectivity index (χ2v) is 15.1. The summed E-state index contributed by atoms with van der Waals surface area (Å²) in [5.74, 6) is 0. The monoisotopic (exact) mass is 630 g/mol. The number of fused-ring (bicyclic) bond motifs is 7. The Hall–Kier alpha value is -5.75. The molecule has 9 rings (SSSR count). The van der Waals surface area contributed by atoms with Crippen LogP contribution < -0.4 is 15.9 Å². The predicted octanol–water partition coefficient (Wildman–Crippen LogP) is 11.3. The molecule has 0 spiro atoms. The molecular formula is C46H31OP. The van der Waals surface area contributed by atoms with Crippen LogP contribution in [0.4, 0.5) is 0 Å². The third-order valence-corrected chi connectivity index (χ3v) is 12.8. The number of benzene rings is 9. The summed E-state index contributed by atoms with van der Waals surface area (Å²) < 4.78 is 15.2. The minimum atomic E-state index is -3.10. The maximum atomic E-state index is 15.2. The van der Waals surface area contributed by atoms with Crippen molar-refractivity contribution in [2.45, 2.75) is 0 Å². The molecule has 0 unspecified atom stereocenters. The first kappa shape index (κ1) is 28.5. The second kappa shape index (κ2) is 11.5. The maximum Gasteiger partial charge on any atom is 0.171 e. The van der Waals surface area contributed by atoms with Gasteiger partial charge in [-0.25, -0.2) is 0 Å². The second-order valence-electron chi connectivity index (χ2n) is 12.3. The van der Waals surface area contributed by atoms with Crippen molar-refractivity contribution in [3.63, 3.8) is 0 Å². The highest BCUT2D eigenvalue weighted by Crippen LogP contribution is 2.50. The SMILES string of the molecule is O=P(c1ccccc1)(c1ccccc1)c1ccc(-c2c3ccccc3c(-c3ccccc3)c3c4ccccc4c4ccccc4c23)cc1. The first-order valence-corrected chi connectivity index (χ1v) is 18.1. The Morgan fingerprint density at radius 1 is 0.271 bits per heavy atom. The van der Waals surface area contributed by atoms with Crippen LogP contribution in [0, 0.1) is 0 Å². The Balaban J connectivity index is 1.40. The van der Waals surface area contributed by atoms with Gasteiger partial charge in [-0.2, -0.15) is 0 Å². The molecule has 0 aromatic heterocycles. The van der Waals surface area contributed by atoms with Crippen molar-refractivity contribution in [3.05, 3.63) is 188 Å². The average molecular weight is 631 g/mol. The molecule has 0 bridgehead atoms. The molecule has 9 aromatic rings. The van der Waals surface area contributed by atoms with Crippen LogP contribution in [0.15, 0.2) is 188 Å². The lowest BCUT2D eigenvalue weighted by Gasteiger charge is -2.22. The molecule has 0 fully saturated rings. The van der Waals surface area contributed by atoms with E-state index in [4.69, 9.17) is 0 Å². The zero-order valence-corrected chi connectivity index (χ0v) is 27.1. The van der Waals surface area contributed by atoms with Gasteiger partial charge in [0.25, 0.3) is 0 Å². The molecule has 48 heavy (non-hydrogen) atoms. The van der Waals surface area contributed by atoms with Crippen LogP contribution >= 0.6 is 7.14 Å². The predicted molar refractivity (Wildman–Crippen MR) is 207 cm³/mol. The molecule has 0 aliphatic carbocycles. The minimum absolute atomic E-state index is 0.827. The summed E-state index contributed by atoms with van der Waals surface area (Å²) in [5.41, 5.74) is 4.75. The van der Waals surface area contributed by atoms with Gasteiger partial charge in [0.05, 0.1) is 0 Å². The fourth-order valence-corrected chi connectivity index (χ4v) is 10.3. The Labute approximate surface area is 280 Å². The van der Waals surface area contributed by atoms with Gasteiger partial charge in [-0.05, 0) is 65.3 Å². The van der Waals surface area contributed by atoms with Crippen molar-refractivity contribution < 1.29 is 4.57 Å². The molecule has 0 amide bonds. The lowest BCUT2D eigenvalue weighted by atomic mass is 9.81. The van der Waals surface area contributed by atoms with Crippen molar-refractivity contribution in [1.82, 2.24) is 0 Å². The molecule has 0 saturated heterocycles. The molecule has 0 aliphatic heterocycles. The van der Waals surface area contributed by atoms with Crippen LogP contribution in [0.2, 0.25) is 0 Å². The van der Waals surface area contributed by atoms with Gasteiger partial charge in [0.15, 0.2) is 7.14 Å². The molecule has 0 N–H and O–H groups in total. The topological polar surface area (TPSA) is 17.1 Å². The van der Waals surface area contributed by atoms with Crippen LogP contribution in [0.1, 0.15) is 0 Å². The van der Waals surface area contributed by atoms with E-state index in [1.54, 1.807) is 0 Å². The van der Waals surface area contributed by atoms with E-state index in [-0.39, 0.29) is 0 Å². The highest BCUT2D eigenvalue weighted by atomic mass is 31.2. The molecule has 0 saturated carbocycles. The molecule has 0 aliphatic rings. The summed E-state index contributed by atoms with van der Waals surface area (Å²) in [6.45, 7) is 0. The van der Waals surface area contributed by atoms with Gasteiger partial charge in [0.1, 0.15) is 0 Å². The Morgan fingerprint density at radius 3 is 1.02 bits per heavy atom. The summed E-state index contributed by atoms with van der Waals surface area (Å²) in [6.07, 6.45) is 0. The van der Waals surface area contributed by atoms with Gasteiger partial charge in [0, 0.05) is 15.9 Å². The number of hydrogen-bond acceptors (Lipinski definition) is 1. The summed E-state index contributed by atoms with van der Waals surface area (Å²) in [6, 6.07) is 65.6. The largest absolute Gasteiger partial charge is 0.309 e. The average Bonchev–Trinajstić information content (AvgIpc) is 3.18. The number of rotatable bonds is 5. The van der Waals surface area contributed by atoms with Gasteiger partial charge < -0.3 is 4.57 Å². The highest BCUT2D eigenvalue weighted by molar-refractivity contribution is 7.85. The maximum absolute atomic E-state index is 15.2. The van der Waals surface area contributed by atoms with Gasteiger partial charge in [-0.1, -0.05) is 188 Å². The molecule has 226 valence electrons. The molecule has 0 radical (unpaired) electrons. The summed E-state index contributed by atoms with van der Waals surface area (Å²) in [7, 11) is -3.10. The number of hydrogen-bond donors (Lipinski definition) is 0. The molecular weight excluding hydrogens is 599 g/mol. The summed E-state index contributed by atoms with van der Waals surface area (Å²) in [4.78, 5) is 0. The molecule has 2 heteroatoms. The fourth-order valence-electron chi connectivity index (χ4n) is 7.61. The third-order valence-electron chi connectivity index (χ3n) is 9.72. The van der Waals surface area contributed by atoms with Crippen molar-refractivity contribution in [2.75, 3.05) is 0 Å². The van der Waals surface area contributed by atoms with Crippen LogP contribution in [0.3, 0.4) is 0 Å². The van der Waals surface area contributed by atoms with Crippen LogP contribution in [-0.4, -0.2) is 0 Å². The summed E-state index contributed by atoms with van der Waals surface area (Å²) >= 11 is 0. The Morgan fingerprint density at radius 2 is 0.583 bits per heavy atom. The van der Waals surface area contributed by atoms with E-state index in [0.29, 0.717) is 0 Å². The van der Waals surface area contributed by atoms with Crippen molar-refractivity contribution in [3.8, 4) is 22.3 Å². The third kappa shape index (κ3) is 4.36. The lowest BCUT2D eigenvalue weighted by molar-refractivity contribution is 0.592. The van der Waals surface area contributed by atoms with Crippen molar-refractivity contribution >= 4 is 66.1 Å². The summed E-state index contributed by atoms with van der Waals surface area (Å²) in [5, 5.41) is 12.4. The molecule has 0 atom stereocenters. The molecule has 9 aromatic carbocycles. The Kier molecular flexibility index (Phi) is 6.82. The van der Waals surface area contributed by atoms with Gasteiger partial charge in [0.2, 0.25) is 0 Å². The van der Waals surface area contributed by atoms with Crippen LogP contribution in [0.25, 0.3) is 65.3 Å². The van der Waals surface area contributed by atoms with E-state index in [1.165, 1.54) is 59.8 Å². The van der Waals surface area contributed by atoms with Gasteiger partial charge in [-0.15, -0.1) is 0 Å². The van der Waals surface area contributed by atoms with E-state index in [2.05, 4.69) is 127 Å². The fraction of sp³-hybridized carbons (Fsp3) is 0. The lowest BCUT2D eigenvalue weighted by Crippen LogP contribution is -2.24. The standard InChI is InChI=1S/C46H31OP/c47-48(34-18-6-2-7-19-34,35-20-8-3-9-21-35)36-30-28-33(29-31-36)44-42-27-15-14-26-41(42)43(32-16-4-1-5-17-32)45-39-24-12-10-22-37(39)38-23-11-13-25-40(38)46(44)45/h1-31H. The quantitative estimate of drug-likeness (QED) is 0.105. The minimum Gasteiger partial charge on any atom is -0.309 e. The molecule has 1 nitrogen and oxygen atoms in total. The van der Waals surface area contributed by atoms with E-state index in [0.717, 1.165) is 21.5 Å².